The molecule has 1 fully saturated rings. The summed E-state index contributed by atoms with van der Waals surface area (Å²) in [5, 5.41) is 3.65. The smallest absolute Gasteiger partial charge is 0.225 e. The Balaban J connectivity index is 2.28. The highest BCUT2D eigenvalue weighted by atomic mass is 16.2. The zero-order chi connectivity index (χ0) is 15.8. The molecule has 21 heavy (non-hydrogen) atoms. The van der Waals surface area contributed by atoms with Gasteiger partial charge in [0.05, 0.1) is 0 Å². The number of nitrogens with one attached hydrogen (secondary N) is 1. The summed E-state index contributed by atoms with van der Waals surface area (Å²) in [6.07, 6.45) is 7.04. The van der Waals surface area contributed by atoms with E-state index >= 15 is 0 Å². The second kappa shape index (κ2) is 9.24. The average molecular weight is 294 g/mol. The minimum Gasteiger partial charge on any atom is -0.342 e. The van der Waals surface area contributed by atoms with Crippen molar-refractivity contribution in [3.05, 3.63) is 11.6 Å². The van der Waals surface area contributed by atoms with Gasteiger partial charge in [-0.2, -0.15) is 0 Å². The Morgan fingerprint density at radius 3 is 2.67 bits per heavy atom. The highest BCUT2D eigenvalue weighted by molar-refractivity contribution is 5.78. The normalized spacial score (nSPS) is 20.5. The first-order valence-corrected chi connectivity index (χ1v) is 8.55. The van der Waals surface area contributed by atoms with Crippen LogP contribution in [0.1, 0.15) is 60.3 Å². The van der Waals surface area contributed by atoms with E-state index in [9.17, 15) is 4.79 Å². The Morgan fingerprint density at radius 1 is 1.33 bits per heavy atom. The molecule has 2 atom stereocenters. The molecule has 0 aliphatic carbocycles. The monoisotopic (exact) mass is 294 g/mol. The molecule has 3 heteroatoms. The van der Waals surface area contributed by atoms with Crippen LogP contribution in [0.15, 0.2) is 11.6 Å². The number of carbonyl (C=O) groups excluding carboxylic acids is 1. The van der Waals surface area contributed by atoms with Crippen LogP contribution >= 0.6 is 0 Å². The molecule has 0 aromatic carbocycles. The van der Waals surface area contributed by atoms with Crippen molar-refractivity contribution in [1.29, 1.82) is 0 Å². The van der Waals surface area contributed by atoms with E-state index in [4.69, 9.17) is 0 Å². The van der Waals surface area contributed by atoms with Crippen LogP contribution in [-0.2, 0) is 4.79 Å². The van der Waals surface area contributed by atoms with Gasteiger partial charge in [-0.1, -0.05) is 25.5 Å². The van der Waals surface area contributed by atoms with Crippen LogP contribution in [0.3, 0.4) is 0 Å². The highest BCUT2D eigenvalue weighted by Gasteiger charge is 2.25. The van der Waals surface area contributed by atoms with Gasteiger partial charge < -0.3 is 10.2 Å². The van der Waals surface area contributed by atoms with Gasteiger partial charge in [-0.05, 0) is 58.9 Å². The third-order valence-electron chi connectivity index (χ3n) is 4.23. The number of rotatable bonds is 7. The maximum Gasteiger partial charge on any atom is 0.225 e. The molecular weight excluding hydrogens is 260 g/mol. The molecule has 0 saturated carbocycles. The number of piperidine rings is 1. The summed E-state index contributed by atoms with van der Waals surface area (Å²) < 4.78 is 0. The molecule has 2 unspecified atom stereocenters. The Kier molecular flexibility index (Phi) is 8.02. The lowest BCUT2D eigenvalue weighted by Crippen LogP contribution is -2.45. The van der Waals surface area contributed by atoms with Crippen molar-refractivity contribution >= 4 is 5.91 Å². The molecule has 0 bridgehead atoms. The van der Waals surface area contributed by atoms with Gasteiger partial charge in [0.15, 0.2) is 0 Å². The summed E-state index contributed by atoms with van der Waals surface area (Å²) >= 11 is 0. The zero-order valence-corrected chi connectivity index (χ0v) is 14.6. The van der Waals surface area contributed by atoms with Gasteiger partial charge in [0.25, 0.3) is 0 Å². The standard InChI is InChI=1S/C18H34N2O/c1-14(2)8-6-9-16(5)19-12-17-10-7-11-20(13-17)18(21)15(3)4/h8,15-17,19H,6-7,9-13H2,1-5H3. The van der Waals surface area contributed by atoms with Crippen molar-refractivity contribution in [1.82, 2.24) is 10.2 Å². The van der Waals surface area contributed by atoms with Crippen LogP contribution in [0.4, 0.5) is 0 Å². The minimum absolute atomic E-state index is 0.125. The Labute approximate surface area is 131 Å². The van der Waals surface area contributed by atoms with Gasteiger partial charge in [0, 0.05) is 25.0 Å². The topological polar surface area (TPSA) is 32.3 Å². The van der Waals surface area contributed by atoms with E-state index in [0.29, 0.717) is 17.9 Å². The fourth-order valence-corrected chi connectivity index (χ4v) is 2.89. The summed E-state index contributed by atoms with van der Waals surface area (Å²) in [7, 11) is 0. The first-order chi connectivity index (χ1) is 9.90. The van der Waals surface area contributed by atoms with E-state index in [1.54, 1.807) is 0 Å². The first-order valence-electron chi connectivity index (χ1n) is 8.55. The fourth-order valence-electron chi connectivity index (χ4n) is 2.89. The van der Waals surface area contributed by atoms with Crippen molar-refractivity contribution in [2.24, 2.45) is 11.8 Å². The van der Waals surface area contributed by atoms with Gasteiger partial charge in [-0.15, -0.1) is 0 Å². The Bertz CT molecular complexity index is 345. The van der Waals surface area contributed by atoms with E-state index in [1.807, 2.05) is 13.8 Å². The highest BCUT2D eigenvalue weighted by Crippen LogP contribution is 2.18. The minimum atomic E-state index is 0.125. The molecule has 0 aromatic rings. The van der Waals surface area contributed by atoms with Gasteiger partial charge >= 0.3 is 0 Å². The van der Waals surface area contributed by atoms with Gasteiger partial charge in [-0.25, -0.2) is 0 Å². The van der Waals surface area contributed by atoms with E-state index in [0.717, 1.165) is 32.5 Å². The third kappa shape index (κ3) is 7.12. The van der Waals surface area contributed by atoms with Crippen LogP contribution in [-0.4, -0.2) is 36.5 Å². The molecule has 1 rings (SSSR count). The molecule has 0 radical (unpaired) electrons. The van der Waals surface area contributed by atoms with E-state index in [2.05, 4.69) is 37.1 Å². The van der Waals surface area contributed by atoms with E-state index in [-0.39, 0.29) is 5.92 Å². The number of allylic oxidation sites excluding steroid dienone is 2. The molecule has 1 saturated heterocycles. The molecule has 1 N–H and O–H groups in total. The predicted molar refractivity (Wildman–Crippen MR) is 90.3 cm³/mol. The van der Waals surface area contributed by atoms with Gasteiger partial charge in [-0.3, -0.25) is 4.79 Å². The second-order valence-electron chi connectivity index (χ2n) is 7.12. The quantitative estimate of drug-likeness (QED) is 0.728. The van der Waals surface area contributed by atoms with Crippen molar-refractivity contribution in [3.8, 4) is 0 Å². The molecule has 0 spiro atoms. The van der Waals surface area contributed by atoms with Crippen molar-refractivity contribution < 1.29 is 4.79 Å². The zero-order valence-electron chi connectivity index (χ0n) is 14.6. The fraction of sp³-hybridized carbons (Fsp3) is 0.833. The molecule has 1 aliphatic heterocycles. The van der Waals surface area contributed by atoms with E-state index in [1.165, 1.54) is 18.4 Å². The molecule has 1 aliphatic rings. The SMILES string of the molecule is CC(C)=CCCC(C)NCC1CCCN(C(=O)C(C)C)C1. The summed E-state index contributed by atoms with van der Waals surface area (Å²) in [6.45, 7) is 13.5. The lowest BCUT2D eigenvalue weighted by molar-refractivity contribution is -0.136. The number of likely N-dealkylation sites (tertiary alicyclic amines) is 1. The number of carbonyl (C=O) groups is 1. The lowest BCUT2D eigenvalue weighted by Gasteiger charge is -2.34. The molecule has 1 heterocycles. The number of hydrogen-bond acceptors (Lipinski definition) is 2. The van der Waals surface area contributed by atoms with Crippen molar-refractivity contribution in [2.45, 2.75) is 66.3 Å². The molecule has 1 amide bonds. The molecule has 3 nitrogen and oxygen atoms in total. The maximum atomic E-state index is 12.1. The second-order valence-corrected chi connectivity index (χ2v) is 7.12. The third-order valence-corrected chi connectivity index (χ3v) is 4.23. The Hall–Kier alpha value is -0.830. The molecule has 0 aromatic heterocycles. The van der Waals surface area contributed by atoms with Gasteiger partial charge in [0.2, 0.25) is 5.91 Å². The maximum absolute atomic E-state index is 12.1. The Morgan fingerprint density at radius 2 is 2.05 bits per heavy atom. The number of nitrogens with zero attached hydrogens (tertiary/aromatic N) is 1. The van der Waals surface area contributed by atoms with Crippen molar-refractivity contribution in [2.75, 3.05) is 19.6 Å². The predicted octanol–water partition coefficient (Wildman–Crippen LogP) is 3.61. The van der Waals surface area contributed by atoms with Crippen LogP contribution in [0.25, 0.3) is 0 Å². The summed E-state index contributed by atoms with van der Waals surface area (Å²) in [5.41, 5.74) is 1.40. The van der Waals surface area contributed by atoms with Gasteiger partial charge in [0.1, 0.15) is 0 Å². The first kappa shape index (κ1) is 18.2. The van der Waals surface area contributed by atoms with Crippen LogP contribution in [0.5, 0.6) is 0 Å². The lowest BCUT2D eigenvalue weighted by atomic mass is 9.96. The largest absolute Gasteiger partial charge is 0.342 e. The molecular formula is C18H34N2O. The van der Waals surface area contributed by atoms with Crippen molar-refractivity contribution in [3.63, 3.8) is 0 Å². The average Bonchev–Trinajstić information content (AvgIpc) is 2.44. The summed E-state index contributed by atoms with van der Waals surface area (Å²) in [5.74, 6) is 1.06. The number of amides is 1. The van der Waals surface area contributed by atoms with E-state index < -0.39 is 0 Å². The van der Waals surface area contributed by atoms with Crippen LogP contribution in [0.2, 0.25) is 0 Å². The van der Waals surface area contributed by atoms with Crippen LogP contribution < -0.4 is 5.32 Å². The summed E-state index contributed by atoms with van der Waals surface area (Å²) in [6, 6.07) is 0.553. The number of hydrogen-bond donors (Lipinski definition) is 1. The van der Waals surface area contributed by atoms with Crippen LogP contribution in [0, 0.1) is 11.8 Å². The molecule has 122 valence electrons. The summed E-state index contributed by atoms with van der Waals surface area (Å²) in [4.78, 5) is 14.1.